The number of allylic oxidation sites excluding steroid dienone is 2. The summed E-state index contributed by atoms with van der Waals surface area (Å²) in [7, 11) is 0. The van der Waals surface area contributed by atoms with E-state index in [2.05, 4.69) is 5.32 Å². The van der Waals surface area contributed by atoms with Crippen LogP contribution in [0.2, 0.25) is 0 Å². The number of aldehydes is 1. The van der Waals surface area contributed by atoms with E-state index >= 15 is 0 Å². The van der Waals surface area contributed by atoms with Crippen molar-refractivity contribution in [2.24, 2.45) is 0 Å². The molecule has 1 aromatic rings. The molecule has 1 atom stereocenters. The molecule has 0 bridgehead atoms. The molecule has 2 rings (SSSR count). The van der Waals surface area contributed by atoms with E-state index in [-0.39, 0.29) is 0 Å². The molecule has 1 N–H and O–H groups in total. The SMILES string of the molecule is CCOc1cccc(C2(Cl)NC=CC=C2C=O)c1. The first kappa shape index (κ1) is 12.7. The number of hydrogen-bond donors (Lipinski definition) is 1. The van der Waals surface area contributed by atoms with Crippen LogP contribution in [0.15, 0.2) is 48.2 Å². The normalized spacial score (nSPS) is 22.0. The highest BCUT2D eigenvalue weighted by Crippen LogP contribution is 2.36. The molecule has 1 aliphatic rings. The van der Waals surface area contributed by atoms with Crippen LogP contribution < -0.4 is 10.1 Å². The van der Waals surface area contributed by atoms with Gasteiger partial charge < -0.3 is 10.1 Å². The Kier molecular flexibility index (Phi) is 3.72. The zero-order valence-electron chi connectivity index (χ0n) is 10.0. The van der Waals surface area contributed by atoms with Gasteiger partial charge in [-0.2, -0.15) is 0 Å². The second-order valence-electron chi connectivity index (χ2n) is 3.86. The highest BCUT2D eigenvalue weighted by atomic mass is 35.5. The standard InChI is InChI=1S/C14H14ClNO2/c1-2-18-13-7-3-5-11(9-13)14(15)12(10-17)6-4-8-16-14/h3-10,16H,2H2,1H3. The first-order valence-electron chi connectivity index (χ1n) is 5.73. The van der Waals surface area contributed by atoms with E-state index in [9.17, 15) is 4.79 Å². The molecule has 0 aromatic heterocycles. The maximum absolute atomic E-state index is 11.1. The molecule has 0 radical (unpaired) electrons. The van der Waals surface area contributed by atoms with E-state index in [1.807, 2.05) is 31.2 Å². The lowest BCUT2D eigenvalue weighted by atomic mass is 9.96. The molecule has 0 amide bonds. The Bertz CT molecular complexity index is 510. The molecule has 0 fully saturated rings. The van der Waals surface area contributed by atoms with Crippen molar-refractivity contribution in [2.45, 2.75) is 11.9 Å². The fraction of sp³-hybridized carbons (Fsp3) is 0.214. The smallest absolute Gasteiger partial charge is 0.167 e. The third-order valence-electron chi connectivity index (χ3n) is 2.72. The molecule has 3 nitrogen and oxygen atoms in total. The van der Waals surface area contributed by atoms with E-state index in [0.717, 1.165) is 17.6 Å². The van der Waals surface area contributed by atoms with Gasteiger partial charge in [-0.15, -0.1) is 0 Å². The molecule has 1 aromatic carbocycles. The molecule has 1 unspecified atom stereocenters. The summed E-state index contributed by atoms with van der Waals surface area (Å²) in [4.78, 5) is 10.1. The summed E-state index contributed by atoms with van der Waals surface area (Å²) < 4.78 is 5.44. The van der Waals surface area contributed by atoms with E-state index in [4.69, 9.17) is 16.3 Å². The average Bonchev–Trinajstić information content (AvgIpc) is 2.40. The van der Waals surface area contributed by atoms with Crippen LogP contribution in [0.1, 0.15) is 12.5 Å². The Balaban J connectivity index is 2.40. The van der Waals surface area contributed by atoms with Gasteiger partial charge in [-0.05, 0) is 31.3 Å². The van der Waals surface area contributed by atoms with Crippen LogP contribution in [-0.2, 0) is 9.79 Å². The van der Waals surface area contributed by atoms with Crippen LogP contribution in [0, 0.1) is 0 Å². The van der Waals surface area contributed by atoms with Crippen LogP contribution in [0.4, 0.5) is 0 Å². The van der Waals surface area contributed by atoms with Crippen molar-refractivity contribution in [2.75, 3.05) is 6.61 Å². The number of hydrogen-bond acceptors (Lipinski definition) is 3. The minimum Gasteiger partial charge on any atom is -0.494 e. The molecule has 0 spiro atoms. The number of rotatable bonds is 4. The van der Waals surface area contributed by atoms with Crippen molar-refractivity contribution in [3.05, 3.63) is 53.8 Å². The Hall–Kier alpha value is -1.74. The monoisotopic (exact) mass is 263 g/mol. The van der Waals surface area contributed by atoms with Crippen LogP contribution in [0.3, 0.4) is 0 Å². The number of nitrogens with one attached hydrogen (secondary N) is 1. The molecule has 1 aliphatic heterocycles. The second-order valence-corrected chi connectivity index (χ2v) is 4.43. The quantitative estimate of drug-likeness (QED) is 0.516. The van der Waals surface area contributed by atoms with Gasteiger partial charge in [-0.3, -0.25) is 4.79 Å². The van der Waals surface area contributed by atoms with Crippen LogP contribution in [-0.4, -0.2) is 12.9 Å². The topological polar surface area (TPSA) is 38.3 Å². The van der Waals surface area contributed by atoms with Crippen molar-refractivity contribution in [1.29, 1.82) is 0 Å². The fourth-order valence-corrected chi connectivity index (χ4v) is 2.14. The number of benzene rings is 1. The van der Waals surface area contributed by atoms with Gasteiger partial charge in [-0.25, -0.2) is 0 Å². The first-order chi connectivity index (χ1) is 8.70. The van der Waals surface area contributed by atoms with Crippen LogP contribution >= 0.6 is 11.6 Å². The zero-order chi connectivity index (χ0) is 13.0. The number of alkyl halides is 1. The summed E-state index contributed by atoms with van der Waals surface area (Å²) in [5.74, 6) is 0.733. The Morgan fingerprint density at radius 1 is 1.50 bits per heavy atom. The third kappa shape index (κ3) is 2.27. The number of dihydropyridines is 1. The van der Waals surface area contributed by atoms with Crippen molar-refractivity contribution in [1.82, 2.24) is 5.32 Å². The lowest BCUT2D eigenvalue weighted by Crippen LogP contribution is -2.37. The third-order valence-corrected chi connectivity index (χ3v) is 3.27. The van der Waals surface area contributed by atoms with Gasteiger partial charge in [0.15, 0.2) is 5.00 Å². The lowest BCUT2D eigenvalue weighted by molar-refractivity contribution is -0.105. The predicted molar refractivity (Wildman–Crippen MR) is 71.6 cm³/mol. The molecule has 4 heteroatoms. The minimum absolute atomic E-state index is 0.473. The first-order valence-corrected chi connectivity index (χ1v) is 6.11. The van der Waals surface area contributed by atoms with Gasteiger partial charge in [0.2, 0.25) is 0 Å². The second kappa shape index (κ2) is 5.27. The molecule has 0 saturated carbocycles. The minimum atomic E-state index is -1.02. The predicted octanol–water partition coefficient (Wildman–Crippen LogP) is 2.72. The fourth-order valence-electron chi connectivity index (χ4n) is 1.85. The van der Waals surface area contributed by atoms with Crippen molar-refractivity contribution < 1.29 is 9.53 Å². The largest absolute Gasteiger partial charge is 0.494 e. The summed E-state index contributed by atoms with van der Waals surface area (Å²) >= 11 is 6.52. The van der Waals surface area contributed by atoms with Gasteiger partial charge in [0.25, 0.3) is 0 Å². The highest BCUT2D eigenvalue weighted by Gasteiger charge is 2.34. The molecule has 0 aliphatic carbocycles. The summed E-state index contributed by atoms with van der Waals surface area (Å²) in [5.41, 5.74) is 1.25. The summed E-state index contributed by atoms with van der Waals surface area (Å²) in [6.45, 7) is 2.50. The Morgan fingerprint density at radius 3 is 3.06 bits per heavy atom. The summed E-state index contributed by atoms with van der Waals surface area (Å²) in [5, 5.41) is 3.01. The Labute approximate surface area is 111 Å². The van der Waals surface area contributed by atoms with Crippen molar-refractivity contribution in [3.8, 4) is 5.75 Å². The van der Waals surface area contributed by atoms with Crippen LogP contribution in [0.25, 0.3) is 0 Å². The van der Waals surface area contributed by atoms with Gasteiger partial charge in [-0.1, -0.05) is 29.8 Å². The molecule has 0 saturated heterocycles. The number of carbonyl (C=O) groups excluding carboxylic acids is 1. The molecule has 94 valence electrons. The van der Waals surface area contributed by atoms with Gasteiger partial charge in [0.05, 0.1) is 6.61 Å². The zero-order valence-corrected chi connectivity index (χ0v) is 10.8. The average molecular weight is 264 g/mol. The maximum atomic E-state index is 11.1. The lowest BCUT2D eigenvalue weighted by Gasteiger charge is -2.30. The maximum Gasteiger partial charge on any atom is 0.167 e. The van der Waals surface area contributed by atoms with E-state index in [1.54, 1.807) is 18.4 Å². The van der Waals surface area contributed by atoms with Crippen molar-refractivity contribution in [3.63, 3.8) is 0 Å². The van der Waals surface area contributed by atoms with Gasteiger partial charge >= 0.3 is 0 Å². The van der Waals surface area contributed by atoms with Gasteiger partial charge in [0.1, 0.15) is 12.0 Å². The van der Waals surface area contributed by atoms with Crippen LogP contribution in [0.5, 0.6) is 5.75 Å². The molecule has 1 heterocycles. The Morgan fingerprint density at radius 2 is 2.33 bits per heavy atom. The molecular formula is C14H14ClNO2. The summed E-state index contributed by atoms with van der Waals surface area (Å²) in [6.07, 6.45) is 5.92. The van der Waals surface area contributed by atoms with E-state index in [1.165, 1.54) is 0 Å². The number of halogens is 1. The van der Waals surface area contributed by atoms with E-state index < -0.39 is 5.00 Å². The summed E-state index contributed by atoms with van der Waals surface area (Å²) in [6, 6.07) is 7.40. The molecule has 18 heavy (non-hydrogen) atoms. The van der Waals surface area contributed by atoms with E-state index in [0.29, 0.717) is 12.2 Å². The van der Waals surface area contributed by atoms with Crippen molar-refractivity contribution >= 4 is 17.9 Å². The number of ether oxygens (including phenoxy) is 1. The van der Waals surface area contributed by atoms with Gasteiger partial charge in [0, 0.05) is 11.1 Å². The molecular weight excluding hydrogens is 250 g/mol. The number of carbonyl (C=O) groups is 1. The highest BCUT2D eigenvalue weighted by molar-refractivity contribution is 6.27.